The summed E-state index contributed by atoms with van der Waals surface area (Å²) in [4.78, 5) is 18.4. The highest BCUT2D eigenvalue weighted by Gasteiger charge is 2.09. The number of hydrogen-bond acceptors (Lipinski definition) is 4. The molecular weight excluding hydrogens is 126 g/mol. The zero-order valence-corrected chi connectivity index (χ0v) is 4.70. The van der Waals surface area contributed by atoms with Crippen LogP contribution in [0, 0.1) is 0 Å². The van der Waals surface area contributed by atoms with E-state index in [1.54, 1.807) is 0 Å². The molecule has 0 aliphatic carbocycles. The van der Waals surface area contributed by atoms with E-state index in [-0.39, 0.29) is 6.41 Å². The van der Waals surface area contributed by atoms with E-state index in [4.69, 9.17) is 4.79 Å². The summed E-state index contributed by atoms with van der Waals surface area (Å²) in [7, 11) is 0. The Morgan fingerprint density at radius 2 is 1.78 bits per heavy atom. The van der Waals surface area contributed by atoms with Crippen molar-refractivity contribution in [2.45, 2.75) is 0 Å². The molecule has 1 rings (SSSR count). The second-order valence-corrected chi connectivity index (χ2v) is 1.08. The fourth-order valence-electron chi connectivity index (χ4n) is 0.292. The molecule has 9 heavy (non-hydrogen) atoms. The summed E-state index contributed by atoms with van der Waals surface area (Å²) in [5.41, 5.74) is 4.17. The van der Waals surface area contributed by atoms with Crippen LogP contribution in [-0.4, -0.2) is 25.8 Å². The van der Waals surface area contributed by atoms with Crippen LogP contribution < -0.4 is 5.73 Å². The van der Waals surface area contributed by atoms with Crippen LogP contribution in [-0.2, 0) is 14.3 Å². The number of hydrogen-bond donors (Lipinski definition) is 1. The normalized spacial score (nSPS) is 14.4. The molecule has 1 amide bonds. The number of nitrogens with two attached hydrogens (primary N) is 1. The van der Waals surface area contributed by atoms with Gasteiger partial charge in [0.25, 0.3) is 0 Å². The van der Waals surface area contributed by atoms with Crippen LogP contribution in [0.3, 0.4) is 0 Å². The highest BCUT2D eigenvalue weighted by molar-refractivity contribution is 5.61. The van der Waals surface area contributed by atoms with Crippen LogP contribution in [0.5, 0.6) is 0 Å². The van der Waals surface area contributed by atoms with E-state index < -0.39 is 6.16 Å². The number of rotatable bonds is 0. The lowest BCUT2D eigenvalue weighted by molar-refractivity contribution is -0.106. The molecule has 0 aromatic rings. The third-order valence-electron chi connectivity index (χ3n) is 0.523. The molecule has 1 fully saturated rings. The molecule has 0 unspecified atom stereocenters. The van der Waals surface area contributed by atoms with Crippen molar-refractivity contribution in [3.63, 3.8) is 0 Å². The molecule has 0 aromatic carbocycles. The van der Waals surface area contributed by atoms with Crippen LogP contribution in [0.2, 0.25) is 0 Å². The van der Waals surface area contributed by atoms with E-state index in [0.717, 1.165) is 0 Å². The Bertz CT molecular complexity index is 94.7. The van der Waals surface area contributed by atoms with Crippen molar-refractivity contribution < 1.29 is 19.1 Å². The van der Waals surface area contributed by atoms with Crippen LogP contribution >= 0.6 is 0 Å². The second-order valence-electron chi connectivity index (χ2n) is 1.08. The lowest BCUT2D eigenvalue weighted by atomic mass is 10.8. The van der Waals surface area contributed by atoms with Gasteiger partial charge in [0.05, 0.1) is 0 Å². The van der Waals surface area contributed by atoms with Crippen LogP contribution in [0.4, 0.5) is 4.79 Å². The van der Waals surface area contributed by atoms with Gasteiger partial charge in [-0.1, -0.05) is 0 Å². The molecule has 1 heterocycles. The average Bonchev–Trinajstić information content (AvgIpc) is 2.20. The predicted molar refractivity (Wildman–Crippen MR) is 27.6 cm³/mol. The Balaban J connectivity index is 0.000000187. The number of carbonyl (C=O) groups is 2. The van der Waals surface area contributed by atoms with Gasteiger partial charge in [-0.25, -0.2) is 4.79 Å². The highest BCUT2D eigenvalue weighted by atomic mass is 16.8. The Morgan fingerprint density at radius 3 is 1.89 bits per heavy atom. The van der Waals surface area contributed by atoms with Gasteiger partial charge in [0, 0.05) is 0 Å². The van der Waals surface area contributed by atoms with Gasteiger partial charge >= 0.3 is 6.16 Å². The van der Waals surface area contributed by atoms with Gasteiger partial charge in [0.15, 0.2) is 0 Å². The summed E-state index contributed by atoms with van der Waals surface area (Å²) < 4.78 is 8.58. The number of cyclic esters (lactones) is 2. The fourth-order valence-corrected chi connectivity index (χ4v) is 0.292. The van der Waals surface area contributed by atoms with Gasteiger partial charge in [-0.05, 0) is 0 Å². The predicted octanol–water partition coefficient (Wildman–Crippen LogP) is -0.745. The van der Waals surface area contributed by atoms with E-state index >= 15 is 0 Å². The molecule has 0 aromatic heterocycles. The minimum Gasteiger partial charge on any atom is -0.431 e. The molecule has 5 heteroatoms. The lowest BCUT2D eigenvalue weighted by Gasteiger charge is -1.78. The summed E-state index contributed by atoms with van der Waals surface area (Å²) in [6.45, 7) is 0.831. The molecule has 1 aliphatic heterocycles. The Morgan fingerprint density at radius 1 is 1.44 bits per heavy atom. The van der Waals surface area contributed by atoms with Gasteiger partial charge in [0.1, 0.15) is 13.2 Å². The molecule has 52 valence electrons. The first-order valence-corrected chi connectivity index (χ1v) is 2.26. The van der Waals surface area contributed by atoms with Crippen LogP contribution in [0.15, 0.2) is 0 Å². The van der Waals surface area contributed by atoms with Crippen molar-refractivity contribution >= 4 is 12.6 Å². The van der Waals surface area contributed by atoms with E-state index in [0.29, 0.717) is 13.2 Å². The zero-order chi connectivity index (χ0) is 7.11. The number of primary amides is 1. The molecule has 2 N–H and O–H groups in total. The first-order valence-electron chi connectivity index (χ1n) is 2.26. The van der Waals surface area contributed by atoms with Gasteiger partial charge < -0.3 is 15.2 Å². The molecule has 0 bridgehead atoms. The van der Waals surface area contributed by atoms with Crippen molar-refractivity contribution in [1.82, 2.24) is 0 Å². The second kappa shape index (κ2) is 4.89. The summed E-state index contributed by atoms with van der Waals surface area (Å²) in [5.74, 6) is 0. The van der Waals surface area contributed by atoms with E-state index in [9.17, 15) is 4.79 Å². The van der Waals surface area contributed by atoms with Gasteiger partial charge in [-0.3, -0.25) is 4.79 Å². The third-order valence-corrected chi connectivity index (χ3v) is 0.523. The Kier molecular flexibility index (Phi) is 4.20. The number of amides is 1. The summed E-state index contributed by atoms with van der Waals surface area (Å²) >= 11 is 0. The third kappa shape index (κ3) is 4.60. The molecule has 0 spiro atoms. The standard InChI is InChI=1S/C3H4O3.CH3NO/c4-3-5-1-2-6-3;2-1-3/h1-2H2;1H,(H2,2,3). The summed E-state index contributed by atoms with van der Waals surface area (Å²) in [6, 6.07) is 0. The summed E-state index contributed by atoms with van der Waals surface area (Å²) in [6.07, 6.45) is -0.296. The maximum absolute atomic E-state index is 9.80. The number of carbonyl (C=O) groups excluding carboxylic acids is 2. The van der Waals surface area contributed by atoms with Crippen LogP contribution in [0.25, 0.3) is 0 Å². The molecule has 0 atom stereocenters. The maximum atomic E-state index is 9.80. The minimum atomic E-state index is -0.546. The first kappa shape index (κ1) is 7.74. The van der Waals surface area contributed by atoms with Crippen molar-refractivity contribution in [2.75, 3.05) is 13.2 Å². The van der Waals surface area contributed by atoms with Gasteiger partial charge in [-0.15, -0.1) is 0 Å². The SMILES string of the molecule is NC=O.O=C1OCCO1. The monoisotopic (exact) mass is 133 g/mol. The van der Waals surface area contributed by atoms with Crippen molar-refractivity contribution in [2.24, 2.45) is 5.73 Å². The Hall–Kier alpha value is -1.26. The molecule has 5 nitrogen and oxygen atoms in total. The van der Waals surface area contributed by atoms with Crippen molar-refractivity contribution in [1.29, 1.82) is 0 Å². The fraction of sp³-hybridized carbons (Fsp3) is 0.500. The van der Waals surface area contributed by atoms with Crippen LogP contribution in [0.1, 0.15) is 0 Å². The maximum Gasteiger partial charge on any atom is 0.508 e. The summed E-state index contributed by atoms with van der Waals surface area (Å²) in [5, 5.41) is 0. The molecular formula is C4H7NO4. The quantitative estimate of drug-likeness (QED) is 0.348. The Labute approximate surface area is 51.7 Å². The average molecular weight is 133 g/mol. The molecule has 1 saturated heterocycles. The largest absolute Gasteiger partial charge is 0.508 e. The smallest absolute Gasteiger partial charge is 0.431 e. The van der Waals surface area contributed by atoms with E-state index in [1.165, 1.54) is 0 Å². The van der Waals surface area contributed by atoms with Crippen molar-refractivity contribution in [3.05, 3.63) is 0 Å². The molecule has 0 radical (unpaired) electrons. The topological polar surface area (TPSA) is 78.6 Å². The molecule has 1 aliphatic rings. The van der Waals surface area contributed by atoms with Gasteiger partial charge in [-0.2, -0.15) is 0 Å². The van der Waals surface area contributed by atoms with E-state index in [1.807, 2.05) is 0 Å². The van der Waals surface area contributed by atoms with Gasteiger partial charge in [0.2, 0.25) is 6.41 Å². The first-order chi connectivity index (χ1) is 4.31. The number of ether oxygens (including phenoxy) is 2. The highest BCUT2D eigenvalue weighted by Crippen LogP contribution is 1.92. The molecule has 0 saturated carbocycles. The van der Waals surface area contributed by atoms with E-state index in [2.05, 4.69) is 15.2 Å². The minimum absolute atomic E-state index is 0.250. The lowest BCUT2D eigenvalue weighted by Crippen LogP contribution is -1.88. The zero-order valence-electron chi connectivity index (χ0n) is 4.70. The van der Waals surface area contributed by atoms with Crippen molar-refractivity contribution in [3.8, 4) is 0 Å².